The molecule has 4 rings (SSSR count). The molecule has 0 aliphatic carbocycles. The lowest BCUT2D eigenvalue weighted by Gasteiger charge is -2.42. The topological polar surface area (TPSA) is 70.1 Å². The highest BCUT2D eigenvalue weighted by Gasteiger charge is 2.46. The van der Waals surface area contributed by atoms with Crippen molar-refractivity contribution in [3.05, 3.63) is 59.2 Å². The predicted molar refractivity (Wildman–Crippen MR) is 110 cm³/mol. The fraction of sp³-hybridized carbons (Fsp3) is 0.391. The van der Waals surface area contributed by atoms with Crippen LogP contribution in [0.1, 0.15) is 21.5 Å². The van der Waals surface area contributed by atoms with E-state index in [4.69, 9.17) is 4.74 Å². The van der Waals surface area contributed by atoms with Gasteiger partial charge in [-0.15, -0.1) is 0 Å². The van der Waals surface area contributed by atoms with Gasteiger partial charge in [0.25, 0.3) is 11.8 Å². The Balaban J connectivity index is 1.39. The van der Waals surface area contributed by atoms with E-state index in [1.165, 1.54) is 16.7 Å². The summed E-state index contributed by atoms with van der Waals surface area (Å²) in [7, 11) is 0. The molecule has 152 valence electrons. The van der Waals surface area contributed by atoms with E-state index in [-0.39, 0.29) is 25.0 Å². The second-order valence-electron chi connectivity index (χ2n) is 8.00. The Morgan fingerprint density at radius 2 is 1.55 bits per heavy atom. The Kier molecular flexibility index (Phi) is 5.15. The standard InChI is InChI=1S/C23H26N2O4/c1-16-3-8-20(17(2)13-16)18-4-6-19(7-5-18)21(26)24-9-11-25(12-10-24)22(27)23(28)14-29-15-23/h3-8,13,28H,9-12,14-15H2,1-2H3. The third-order valence-electron chi connectivity index (χ3n) is 5.76. The first-order chi connectivity index (χ1) is 13.9. The van der Waals surface area contributed by atoms with Gasteiger partial charge in [-0.1, -0.05) is 35.9 Å². The maximum atomic E-state index is 12.9. The zero-order valence-corrected chi connectivity index (χ0v) is 16.9. The van der Waals surface area contributed by atoms with Crippen LogP contribution in [-0.2, 0) is 9.53 Å². The molecule has 0 aromatic heterocycles. The molecule has 2 fully saturated rings. The molecule has 0 radical (unpaired) electrons. The number of rotatable bonds is 3. The second kappa shape index (κ2) is 7.61. The summed E-state index contributed by atoms with van der Waals surface area (Å²) in [4.78, 5) is 28.6. The molecular weight excluding hydrogens is 368 g/mol. The summed E-state index contributed by atoms with van der Waals surface area (Å²) in [6.45, 7) is 6.04. The van der Waals surface area contributed by atoms with E-state index in [9.17, 15) is 14.7 Å². The van der Waals surface area contributed by atoms with Crippen molar-refractivity contribution in [3.8, 4) is 11.1 Å². The highest BCUT2D eigenvalue weighted by atomic mass is 16.5. The van der Waals surface area contributed by atoms with E-state index in [0.717, 1.165) is 5.56 Å². The van der Waals surface area contributed by atoms with Gasteiger partial charge in [0.15, 0.2) is 5.60 Å². The number of ether oxygens (including phenoxy) is 1. The van der Waals surface area contributed by atoms with E-state index >= 15 is 0 Å². The highest BCUT2D eigenvalue weighted by Crippen LogP contribution is 2.25. The summed E-state index contributed by atoms with van der Waals surface area (Å²) in [6, 6.07) is 14.0. The third kappa shape index (κ3) is 3.78. The van der Waals surface area contributed by atoms with Crippen LogP contribution in [0, 0.1) is 13.8 Å². The quantitative estimate of drug-likeness (QED) is 0.865. The van der Waals surface area contributed by atoms with Crippen molar-refractivity contribution < 1.29 is 19.4 Å². The van der Waals surface area contributed by atoms with Gasteiger partial charge < -0.3 is 19.6 Å². The molecule has 2 aliphatic rings. The van der Waals surface area contributed by atoms with Crippen LogP contribution in [0.4, 0.5) is 0 Å². The molecule has 29 heavy (non-hydrogen) atoms. The van der Waals surface area contributed by atoms with Crippen LogP contribution in [0.5, 0.6) is 0 Å². The lowest BCUT2D eigenvalue weighted by atomic mass is 9.97. The van der Waals surface area contributed by atoms with Crippen LogP contribution in [0.2, 0.25) is 0 Å². The van der Waals surface area contributed by atoms with Crippen molar-refractivity contribution in [1.29, 1.82) is 0 Å². The second-order valence-corrected chi connectivity index (χ2v) is 8.00. The van der Waals surface area contributed by atoms with Crippen molar-refractivity contribution in [2.45, 2.75) is 19.4 Å². The Labute approximate surface area is 170 Å². The molecule has 1 N–H and O–H groups in total. The van der Waals surface area contributed by atoms with E-state index < -0.39 is 5.60 Å². The molecule has 2 heterocycles. The number of hydrogen-bond donors (Lipinski definition) is 1. The lowest BCUT2D eigenvalue weighted by molar-refractivity contribution is -0.201. The van der Waals surface area contributed by atoms with Crippen LogP contribution in [0.25, 0.3) is 11.1 Å². The minimum atomic E-state index is -1.38. The van der Waals surface area contributed by atoms with Gasteiger partial charge in [0, 0.05) is 31.7 Å². The van der Waals surface area contributed by atoms with Gasteiger partial charge in [-0.2, -0.15) is 0 Å². The van der Waals surface area contributed by atoms with Crippen LogP contribution < -0.4 is 0 Å². The van der Waals surface area contributed by atoms with E-state index in [1.807, 2.05) is 24.3 Å². The summed E-state index contributed by atoms with van der Waals surface area (Å²) in [5.41, 5.74) is 3.96. The summed E-state index contributed by atoms with van der Waals surface area (Å²) in [6.07, 6.45) is 0. The van der Waals surface area contributed by atoms with Gasteiger partial charge in [0.2, 0.25) is 0 Å². The van der Waals surface area contributed by atoms with Crippen molar-refractivity contribution in [1.82, 2.24) is 9.80 Å². The number of benzene rings is 2. The summed E-state index contributed by atoms with van der Waals surface area (Å²) in [5.74, 6) is -0.330. The molecule has 0 saturated carbocycles. The number of hydrogen-bond acceptors (Lipinski definition) is 4. The fourth-order valence-electron chi connectivity index (χ4n) is 3.94. The van der Waals surface area contributed by atoms with Crippen molar-refractivity contribution in [2.75, 3.05) is 39.4 Å². The van der Waals surface area contributed by atoms with E-state index in [2.05, 4.69) is 32.0 Å². The molecule has 6 nitrogen and oxygen atoms in total. The molecule has 2 saturated heterocycles. The number of piperazine rings is 1. The SMILES string of the molecule is Cc1ccc(-c2ccc(C(=O)N3CCN(C(=O)C4(O)COC4)CC3)cc2)c(C)c1. The largest absolute Gasteiger partial charge is 0.376 e. The molecule has 0 atom stereocenters. The molecule has 2 amide bonds. The molecular formula is C23H26N2O4. The molecule has 2 aromatic rings. The van der Waals surface area contributed by atoms with Crippen molar-refractivity contribution in [3.63, 3.8) is 0 Å². The Morgan fingerprint density at radius 3 is 2.10 bits per heavy atom. The third-order valence-corrected chi connectivity index (χ3v) is 5.76. The zero-order chi connectivity index (χ0) is 20.6. The van der Waals surface area contributed by atoms with Gasteiger partial charge in [0.1, 0.15) is 0 Å². The number of aryl methyl sites for hydroxylation is 2. The monoisotopic (exact) mass is 394 g/mol. The molecule has 0 spiro atoms. The average molecular weight is 394 g/mol. The first-order valence-electron chi connectivity index (χ1n) is 9.94. The van der Waals surface area contributed by atoms with Gasteiger partial charge in [-0.05, 0) is 42.7 Å². The average Bonchev–Trinajstić information content (AvgIpc) is 2.71. The first kappa shape index (κ1) is 19.6. The minimum Gasteiger partial charge on any atom is -0.376 e. The number of nitrogens with zero attached hydrogens (tertiary/aromatic N) is 2. The van der Waals surface area contributed by atoms with Gasteiger partial charge in [-0.25, -0.2) is 0 Å². The summed E-state index contributed by atoms with van der Waals surface area (Å²) in [5, 5.41) is 10.1. The summed E-state index contributed by atoms with van der Waals surface area (Å²) < 4.78 is 4.96. The maximum Gasteiger partial charge on any atom is 0.259 e. The molecule has 0 unspecified atom stereocenters. The Bertz CT molecular complexity index is 926. The molecule has 6 heteroatoms. The van der Waals surface area contributed by atoms with Crippen LogP contribution in [-0.4, -0.2) is 71.7 Å². The first-order valence-corrected chi connectivity index (χ1v) is 9.94. The Hall–Kier alpha value is -2.70. The van der Waals surface area contributed by atoms with E-state index in [0.29, 0.717) is 31.7 Å². The minimum absolute atomic E-state index is 0.0324. The van der Waals surface area contributed by atoms with Crippen molar-refractivity contribution >= 4 is 11.8 Å². The maximum absolute atomic E-state index is 12.9. The fourth-order valence-corrected chi connectivity index (χ4v) is 3.94. The zero-order valence-electron chi connectivity index (χ0n) is 16.9. The molecule has 2 aliphatic heterocycles. The predicted octanol–water partition coefficient (Wildman–Crippen LogP) is 2.02. The van der Waals surface area contributed by atoms with Crippen LogP contribution >= 0.6 is 0 Å². The van der Waals surface area contributed by atoms with Crippen LogP contribution in [0.3, 0.4) is 0 Å². The highest BCUT2D eigenvalue weighted by molar-refractivity contribution is 5.95. The van der Waals surface area contributed by atoms with Crippen LogP contribution in [0.15, 0.2) is 42.5 Å². The smallest absolute Gasteiger partial charge is 0.259 e. The number of aliphatic hydroxyl groups is 1. The normalized spacial score (nSPS) is 18.3. The van der Waals surface area contributed by atoms with Gasteiger partial charge in [-0.3, -0.25) is 9.59 Å². The van der Waals surface area contributed by atoms with E-state index in [1.54, 1.807) is 9.80 Å². The van der Waals surface area contributed by atoms with Gasteiger partial charge in [0.05, 0.1) is 13.2 Å². The molecule has 0 bridgehead atoms. The van der Waals surface area contributed by atoms with Gasteiger partial charge >= 0.3 is 0 Å². The number of carbonyl (C=O) groups excluding carboxylic acids is 2. The van der Waals surface area contributed by atoms with Crippen molar-refractivity contribution in [2.24, 2.45) is 0 Å². The molecule has 2 aromatic carbocycles. The summed E-state index contributed by atoms with van der Waals surface area (Å²) >= 11 is 0. The Morgan fingerprint density at radius 1 is 0.931 bits per heavy atom. The lowest BCUT2D eigenvalue weighted by Crippen LogP contribution is -2.64. The number of amides is 2. The number of carbonyl (C=O) groups is 2.